The minimum atomic E-state index is 0.00129. The molecule has 1 saturated heterocycles. The fourth-order valence-electron chi connectivity index (χ4n) is 1.85. The normalized spacial score (nSPS) is 20.3. The molecule has 1 amide bonds. The molecule has 1 aliphatic heterocycles. The lowest BCUT2D eigenvalue weighted by Gasteiger charge is -2.13. The third kappa shape index (κ3) is 2.03. The Hall–Kier alpha value is -1.71. The second kappa shape index (κ2) is 4.21. The highest BCUT2D eigenvalue weighted by molar-refractivity contribution is 5.87. The van der Waals surface area contributed by atoms with E-state index in [0.29, 0.717) is 5.92 Å². The summed E-state index contributed by atoms with van der Waals surface area (Å²) in [5, 5.41) is 0. The number of rotatable bonds is 2. The third-order valence-corrected chi connectivity index (χ3v) is 2.68. The van der Waals surface area contributed by atoms with Gasteiger partial charge in [-0.25, -0.2) is 0 Å². The molecule has 1 aromatic heterocycles. The molecule has 0 aromatic carbocycles. The molecule has 2 rings (SSSR count). The largest absolute Gasteiger partial charge is 0.338 e. The standard InChI is InChI=1S/C11H13N3O/c1-2-11(15)14-6-3-9(8-14)10-7-12-4-5-13-10/h2,4-5,7,9H,1,3,6,8H2. The Morgan fingerprint density at radius 2 is 2.47 bits per heavy atom. The van der Waals surface area contributed by atoms with Gasteiger partial charge in [0.1, 0.15) is 0 Å². The number of amides is 1. The summed E-state index contributed by atoms with van der Waals surface area (Å²) in [5.74, 6) is 0.323. The maximum absolute atomic E-state index is 11.4. The van der Waals surface area contributed by atoms with E-state index >= 15 is 0 Å². The molecule has 1 unspecified atom stereocenters. The molecule has 1 atom stereocenters. The molecule has 4 nitrogen and oxygen atoms in total. The first-order valence-electron chi connectivity index (χ1n) is 4.98. The number of hydrogen-bond acceptors (Lipinski definition) is 3. The molecular formula is C11H13N3O. The van der Waals surface area contributed by atoms with Gasteiger partial charge in [-0.2, -0.15) is 0 Å². The lowest BCUT2D eigenvalue weighted by atomic mass is 10.1. The molecule has 0 spiro atoms. The van der Waals surface area contributed by atoms with Crippen LogP contribution in [0.25, 0.3) is 0 Å². The van der Waals surface area contributed by atoms with Gasteiger partial charge in [0.15, 0.2) is 0 Å². The molecule has 78 valence electrons. The van der Waals surface area contributed by atoms with Crippen molar-refractivity contribution in [2.24, 2.45) is 0 Å². The van der Waals surface area contributed by atoms with Gasteiger partial charge >= 0.3 is 0 Å². The van der Waals surface area contributed by atoms with Crippen molar-refractivity contribution in [3.8, 4) is 0 Å². The van der Waals surface area contributed by atoms with Gasteiger partial charge < -0.3 is 4.90 Å². The van der Waals surface area contributed by atoms with Crippen molar-refractivity contribution in [3.63, 3.8) is 0 Å². The fraction of sp³-hybridized carbons (Fsp3) is 0.364. The van der Waals surface area contributed by atoms with E-state index in [9.17, 15) is 4.79 Å². The Bertz CT molecular complexity index is 363. The lowest BCUT2D eigenvalue weighted by molar-refractivity contribution is -0.125. The van der Waals surface area contributed by atoms with Crippen LogP contribution in [-0.4, -0.2) is 33.9 Å². The number of likely N-dealkylation sites (tertiary alicyclic amines) is 1. The summed E-state index contributed by atoms with van der Waals surface area (Å²) in [7, 11) is 0. The van der Waals surface area contributed by atoms with Crippen LogP contribution in [-0.2, 0) is 4.79 Å². The zero-order chi connectivity index (χ0) is 10.7. The predicted octanol–water partition coefficient (Wildman–Crippen LogP) is 0.978. The van der Waals surface area contributed by atoms with Gasteiger partial charge in [-0.05, 0) is 12.5 Å². The van der Waals surface area contributed by atoms with E-state index in [0.717, 1.165) is 25.2 Å². The molecule has 15 heavy (non-hydrogen) atoms. The van der Waals surface area contributed by atoms with Gasteiger partial charge in [0.25, 0.3) is 0 Å². The van der Waals surface area contributed by atoms with Crippen LogP contribution < -0.4 is 0 Å². The van der Waals surface area contributed by atoms with Gasteiger partial charge in [-0.15, -0.1) is 0 Å². The second-order valence-corrected chi connectivity index (χ2v) is 3.60. The number of hydrogen-bond donors (Lipinski definition) is 0. The van der Waals surface area contributed by atoms with Crippen LogP contribution in [0.4, 0.5) is 0 Å². The van der Waals surface area contributed by atoms with E-state index in [1.165, 1.54) is 6.08 Å². The number of nitrogens with zero attached hydrogens (tertiary/aromatic N) is 3. The molecule has 1 aromatic rings. The van der Waals surface area contributed by atoms with Crippen molar-refractivity contribution in [3.05, 3.63) is 36.9 Å². The highest BCUT2D eigenvalue weighted by Crippen LogP contribution is 2.24. The van der Waals surface area contributed by atoms with Crippen LogP contribution in [0.3, 0.4) is 0 Å². The molecule has 1 aliphatic rings. The smallest absolute Gasteiger partial charge is 0.245 e. The maximum Gasteiger partial charge on any atom is 0.245 e. The number of carbonyl (C=O) groups excluding carboxylic acids is 1. The highest BCUT2D eigenvalue weighted by atomic mass is 16.2. The minimum absolute atomic E-state index is 0.00129. The van der Waals surface area contributed by atoms with Crippen molar-refractivity contribution in [2.75, 3.05) is 13.1 Å². The van der Waals surface area contributed by atoms with Gasteiger partial charge in [0.2, 0.25) is 5.91 Å². The highest BCUT2D eigenvalue weighted by Gasteiger charge is 2.26. The summed E-state index contributed by atoms with van der Waals surface area (Å²) in [6, 6.07) is 0. The van der Waals surface area contributed by atoms with E-state index in [2.05, 4.69) is 16.5 Å². The first-order chi connectivity index (χ1) is 7.31. The van der Waals surface area contributed by atoms with E-state index < -0.39 is 0 Å². The van der Waals surface area contributed by atoms with Crippen molar-refractivity contribution in [1.29, 1.82) is 0 Å². The first-order valence-corrected chi connectivity index (χ1v) is 4.98. The van der Waals surface area contributed by atoms with Gasteiger partial charge in [-0.3, -0.25) is 14.8 Å². The third-order valence-electron chi connectivity index (χ3n) is 2.68. The number of aromatic nitrogens is 2. The quantitative estimate of drug-likeness (QED) is 0.673. The molecule has 0 bridgehead atoms. The molecule has 4 heteroatoms. The minimum Gasteiger partial charge on any atom is -0.338 e. The molecule has 0 aliphatic carbocycles. The van der Waals surface area contributed by atoms with Crippen LogP contribution in [0, 0.1) is 0 Å². The summed E-state index contributed by atoms with van der Waals surface area (Å²) < 4.78 is 0. The van der Waals surface area contributed by atoms with Crippen molar-refractivity contribution < 1.29 is 4.79 Å². The van der Waals surface area contributed by atoms with Gasteiger partial charge in [-0.1, -0.05) is 6.58 Å². The second-order valence-electron chi connectivity index (χ2n) is 3.60. The van der Waals surface area contributed by atoms with E-state index in [1.54, 1.807) is 23.5 Å². The molecule has 0 N–H and O–H groups in total. The zero-order valence-electron chi connectivity index (χ0n) is 8.47. The van der Waals surface area contributed by atoms with Gasteiger partial charge in [0, 0.05) is 37.6 Å². The maximum atomic E-state index is 11.4. The van der Waals surface area contributed by atoms with Crippen LogP contribution in [0.5, 0.6) is 0 Å². The molecule has 1 fully saturated rings. The monoisotopic (exact) mass is 203 g/mol. The Morgan fingerprint density at radius 3 is 3.13 bits per heavy atom. The number of carbonyl (C=O) groups is 1. The van der Waals surface area contributed by atoms with E-state index in [1.807, 2.05) is 0 Å². The molecular weight excluding hydrogens is 190 g/mol. The predicted molar refractivity (Wildman–Crippen MR) is 56.2 cm³/mol. The molecule has 2 heterocycles. The Morgan fingerprint density at radius 1 is 1.60 bits per heavy atom. The average molecular weight is 203 g/mol. The van der Waals surface area contributed by atoms with E-state index in [4.69, 9.17) is 0 Å². The molecule has 0 radical (unpaired) electrons. The molecule has 0 saturated carbocycles. The topological polar surface area (TPSA) is 46.1 Å². The lowest BCUT2D eigenvalue weighted by Crippen LogP contribution is -2.26. The first kappa shape index (κ1) is 9.83. The average Bonchev–Trinajstić information content (AvgIpc) is 2.78. The summed E-state index contributed by atoms with van der Waals surface area (Å²) in [6.45, 7) is 4.99. The van der Waals surface area contributed by atoms with Gasteiger partial charge in [0.05, 0.1) is 5.69 Å². The van der Waals surface area contributed by atoms with Crippen LogP contribution in [0.2, 0.25) is 0 Å². The van der Waals surface area contributed by atoms with Crippen LogP contribution in [0.15, 0.2) is 31.2 Å². The summed E-state index contributed by atoms with van der Waals surface area (Å²) >= 11 is 0. The zero-order valence-corrected chi connectivity index (χ0v) is 8.47. The van der Waals surface area contributed by atoms with Crippen LogP contribution in [0.1, 0.15) is 18.0 Å². The fourth-order valence-corrected chi connectivity index (χ4v) is 1.85. The Kier molecular flexibility index (Phi) is 2.76. The van der Waals surface area contributed by atoms with Crippen molar-refractivity contribution >= 4 is 5.91 Å². The summed E-state index contributed by atoms with van der Waals surface area (Å²) in [5.41, 5.74) is 0.969. The Balaban J connectivity index is 2.05. The Labute approximate surface area is 88.7 Å². The van der Waals surface area contributed by atoms with E-state index in [-0.39, 0.29) is 5.91 Å². The van der Waals surface area contributed by atoms with Crippen molar-refractivity contribution in [1.82, 2.24) is 14.9 Å². The van der Waals surface area contributed by atoms with Crippen LogP contribution >= 0.6 is 0 Å². The van der Waals surface area contributed by atoms with Crippen molar-refractivity contribution in [2.45, 2.75) is 12.3 Å². The summed E-state index contributed by atoms with van der Waals surface area (Å²) in [6.07, 6.45) is 7.43. The SMILES string of the molecule is C=CC(=O)N1CCC(c2cnccn2)C1. The summed E-state index contributed by atoms with van der Waals surface area (Å²) in [4.78, 5) is 21.4.